The van der Waals surface area contributed by atoms with Crippen molar-refractivity contribution in [3.8, 4) is 5.75 Å². The van der Waals surface area contributed by atoms with Crippen LogP contribution < -0.4 is 15.8 Å². The third-order valence-electron chi connectivity index (χ3n) is 2.61. The zero-order chi connectivity index (χ0) is 12.1. The van der Waals surface area contributed by atoms with Gasteiger partial charge in [-0.15, -0.1) is 0 Å². The summed E-state index contributed by atoms with van der Waals surface area (Å²) in [6, 6.07) is 8.03. The summed E-state index contributed by atoms with van der Waals surface area (Å²) in [7, 11) is 0. The van der Waals surface area contributed by atoms with Crippen molar-refractivity contribution in [2.75, 3.05) is 19.7 Å². The Kier molecular flexibility index (Phi) is 3.82. The lowest BCUT2D eigenvalue weighted by Crippen LogP contribution is -2.33. The van der Waals surface area contributed by atoms with E-state index in [-0.39, 0.29) is 12.7 Å². The molecule has 0 aromatic heterocycles. The van der Waals surface area contributed by atoms with Crippen LogP contribution in [-0.2, 0) is 11.2 Å². The molecule has 3 N–H and O–H groups in total. The number of nitrogens with one attached hydrogen (secondary N) is 1. The van der Waals surface area contributed by atoms with Crippen molar-refractivity contribution < 1.29 is 14.3 Å². The Morgan fingerprint density at radius 1 is 1.53 bits per heavy atom. The predicted octanol–water partition coefficient (Wildman–Crippen LogP) is 0.675. The van der Waals surface area contributed by atoms with Crippen LogP contribution in [0.15, 0.2) is 24.3 Å². The molecule has 0 fully saturated rings. The topological polar surface area (TPSA) is 73.6 Å². The molecule has 1 amide bonds. The Hall–Kier alpha value is -1.75. The third kappa shape index (κ3) is 3.35. The summed E-state index contributed by atoms with van der Waals surface area (Å²) in [4.78, 5) is 10.3. The Balaban J connectivity index is 1.65. The third-order valence-corrected chi connectivity index (χ3v) is 2.61. The molecular formula is C12H16N2O3. The van der Waals surface area contributed by atoms with Crippen LogP contribution in [0.3, 0.4) is 0 Å². The SMILES string of the molecule is NC(=O)OCCNCC1Cc2ccccc2O1. The smallest absolute Gasteiger partial charge is 0.404 e. The molecule has 0 saturated heterocycles. The number of amides is 1. The van der Waals surface area contributed by atoms with E-state index < -0.39 is 6.09 Å². The Bertz CT molecular complexity index is 370. The van der Waals surface area contributed by atoms with Crippen molar-refractivity contribution in [3.63, 3.8) is 0 Å². The molecule has 0 aliphatic carbocycles. The zero-order valence-electron chi connectivity index (χ0n) is 9.52. The summed E-state index contributed by atoms with van der Waals surface area (Å²) in [6.45, 7) is 1.60. The fourth-order valence-corrected chi connectivity index (χ4v) is 1.85. The van der Waals surface area contributed by atoms with Gasteiger partial charge in [0.05, 0.1) is 0 Å². The highest BCUT2D eigenvalue weighted by molar-refractivity contribution is 5.64. The summed E-state index contributed by atoms with van der Waals surface area (Å²) in [6.07, 6.45) is 0.331. The molecule has 17 heavy (non-hydrogen) atoms. The normalized spacial score (nSPS) is 17.3. The summed E-state index contributed by atoms with van der Waals surface area (Å²) in [5.41, 5.74) is 6.08. The first-order valence-electron chi connectivity index (χ1n) is 5.63. The maximum absolute atomic E-state index is 10.3. The Morgan fingerprint density at radius 3 is 3.12 bits per heavy atom. The van der Waals surface area contributed by atoms with Gasteiger partial charge in [-0.25, -0.2) is 4.79 Å². The van der Waals surface area contributed by atoms with Crippen LogP contribution >= 0.6 is 0 Å². The Labute approximate surface area is 99.9 Å². The second-order valence-electron chi connectivity index (χ2n) is 3.92. The molecule has 1 atom stereocenters. The van der Waals surface area contributed by atoms with Crippen LogP contribution in [0.25, 0.3) is 0 Å². The molecule has 1 unspecified atom stereocenters. The number of fused-ring (bicyclic) bond motifs is 1. The van der Waals surface area contributed by atoms with Crippen LogP contribution in [-0.4, -0.2) is 31.9 Å². The molecule has 92 valence electrons. The minimum Gasteiger partial charge on any atom is -0.488 e. The summed E-state index contributed by atoms with van der Waals surface area (Å²) in [5.74, 6) is 0.965. The molecule has 0 saturated carbocycles. The van der Waals surface area contributed by atoms with Gasteiger partial charge in [0, 0.05) is 19.5 Å². The number of rotatable bonds is 5. The largest absolute Gasteiger partial charge is 0.488 e. The highest BCUT2D eigenvalue weighted by Gasteiger charge is 2.21. The molecule has 1 aliphatic heterocycles. The van der Waals surface area contributed by atoms with E-state index in [0.29, 0.717) is 6.54 Å². The number of primary amides is 1. The molecular weight excluding hydrogens is 220 g/mol. The van der Waals surface area contributed by atoms with Gasteiger partial charge >= 0.3 is 6.09 Å². The van der Waals surface area contributed by atoms with E-state index in [1.54, 1.807) is 0 Å². The molecule has 1 aromatic rings. The fraction of sp³-hybridized carbons (Fsp3) is 0.417. The van der Waals surface area contributed by atoms with Crippen molar-refractivity contribution in [1.82, 2.24) is 5.32 Å². The highest BCUT2D eigenvalue weighted by Crippen LogP contribution is 2.27. The van der Waals surface area contributed by atoms with Gasteiger partial charge in [0.1, 0.15) is 18.5 Å². The van der Waals surface area contributed by atoms with Gasteiger partial charge in [-0.1, -0.05) is 18.2 Å². The number of carbonyl (C=O) groups is 1. The molecule has 1 aliphatic rings. The first-order chi connectivity index (χ1) is 8.25. The van der Waals surface area contributed by atoms with E-state index in [9.17, 15) is 4.79 Å². The maximum atomic E-state index is 10.3. The molecule has 5 nitrogen and oxygen atoms in total. The van der Waals surface area contributed by atoms with Crippen LogP contribution in [0.5, 0.6) is 5.75 Å². The van der Waals surface area contributed by atoms with E-state index in [4.69, 9.17) is 10.5 Å². The average Bonchev–Trinajstić information content (AvgIpc) is 2.70. The number of carbonyl (C=O) groups excluding carboxylic acids is 1. The molecule has 1 heterocycles. The number of hydrogen-bond donors (Lipinski definition) is 2. The maximum Gasteiger partial charge on any atom is 0.404 e. The quantitative estimate of drug-likeness (QED) is 0.737. The van der Waals surface area contributed by atoms with Crippen molar-refractivity contribution in [2.24, 2.45) is 5.73 Å². The van der Waals surface area contributed by atoms with Crippen molar-refractivity contribution in [3.05, 3.63) is 29.8 Å². The molecule has 2 rings (SSSR count). The fourth-order valence-electron chi connectivity index (χ4n) is 1.85. The van der Waals surface area contributed by atoms with Gasteiger partial charge in [-0.3, -0.25) is 0 Å². The van der Waals surface area contributed by atoms with Gasteiger partial charge in [0.2, 0.25) is 0 Å². The van der Waals surface area contributed by atoms with Crippen molar-refractivity contribution >= 4 is 6.09 Å². The lowest BCUT2D eigenvalue weighted by Gasteiger charge is -2.11. The second-order valence-corrected chi connectivity index (χ2v) is 3.92. The molecule has 0 radical (unpaired) electrons. The van der Waals surface area contributed by atoms with Crippen LogP contribution in [0.1, 0.15) is 5.56 Å². The molecule has 1 aromatic carbocycles. The van der Waals surface area contributed by atoms with Gasteiger partial charge in [-0.05, 0) is 11.6 Å². The average molecular weight is 236 g/mol. The monoisotopic (exact) mass is 236 g/mol. The Morgan fingerprint density at radius 2 is 2.35 bits per heavy atom. The molecule has 0 spiro atoms. The number of ether oxygens (including phenoxy) is 2. The van der Waals surface area contributed by atoms with Gasteiger partial charge in [0.25, 0.3) is 0 Å². The van der Waals surface area contributed by atoms with Crippen LogP contribution in [0.2, 0.25) is 0 Å². The number of hydrogen-bond acceptors (Lipinski definition) is 4. The minimum atomic E-state index is -0.740. The van der Waals surface area contributed by atoms with E-state index in [1.807, 2.05) is 18.2 Å². The number of nitrogens with two attached hydrogens (primary N) is 1. The van der Waals surface area contributed by atoms with Crippen molar-refractivity contribution in [1.29, 1.82) is 0 Å². The number of para-hydroxylation sites is 1. The first kappa shape index (κ1) is 11.7. The lowest BCUT2D eigenvalue weighted by atomic mass is 10.1. The van der Waals surface area contributed by atoms with E-state index in [2.05, 4.69) is 16.1 Å². The van der Waals surface area contributed by atoms with E-state index >= 15 is 0 Å². The van der Waals surface area contributed by atoms with Gasteiger partial charge < -0.3 is 20.5 Å². The van der Waals surface area contributed by atoms with Crippen LogP contribution in [0.4, 0.5) is 4.79 Å². The summed E-state index contributed by atoms with van der Waals surface area (Å²) in [5, 5.41) is 3.16. The molecule has 5 heteroatoms. The zero-order valence-corrected chi connectivity index (χ0v) is 9.52. The predicted molar refractivity (Wildman–Crippen MR) is 63.0 cm³/mol. The number of benzene rings is 1. The highest BCUT2D eigenvalue weighted by atomic mass is 16.5. The van der Waals surface area contributed by atoms with E-state index in [0.717, 1.165) is 18.7 Å². The van der Waals surface area contributed by atoms with Crippen LogP contribution in [0, 0.1) is 0 Å². The standard InChI is InChI=1S/C12H16N2O3/c13-12(15)16-6-5-14-8-10-7-9-3-1-2-4-11(9)17-10/h1-4,10,14H,5-8H2,(H2,13,15). The van der Waals surface area contributed by atoms with Gasteiger partial charge in [0.15, 0.2) is 0 Å². The van der Waals surface area contributed by atoms with Crippen molar-refractivity contribution in [2.45, 2.75) is 12.5 Å². The second kappa shape index (κ2) is 5.54. The lowest BCUT2D eigenvalue weighted by molar-refractivity contribution is 0.155. The molecule has 0 bridgehead atoms. The van der Waals surface area contributed by atoms with Gasteiger partial charge in [-0.2, -0.15) is 0 Å². The van der Waals surface area contributed by atoms with E-state index in [1.165, 1.54) is 5.56 Å². The minimum absolute atomic E-state index is 0.154. The first-order valence-corrected chi connectivity index (χ1v) is 5.63. The summed E-state index contributed by atoms with van der Waals surface area (Å²) < 4.78 is 10.3. The summed E-state index contributed by atoms with van der Waals surface area (Å²) >= 11 is 0.